The maximum absolute atomic E-state index is 12.6. The molecule has 0 fully saturated rings. The second-order valence-electron chi connectivity index (χ2n) is 6.64. The Morgan fingerprint density at radius 2 is 2.06 bits per heavy atom. The van der Waals surface area contributed by atoms with E-state index < -0.39 is 23.3 Å². The molecule has 0 unspecified atom stereocenters. The number of para-hydroxylation sites is 1. The molecule has 0 bridgehead atoms. The van der Waals surface area contributed by atoms with Gasteiger partial charge in [-0.25, -0.2) is 9.59 Å². The lowest BCUT2D eigenvalue weighted by molar-refractivity contribution is -0.144. The molecule has 1 atom stereocenters. The molecule has 0 saturated heterocycles. The first-order chi connectivity index (χ1) is 14.8. The molecule has 2 N–H and O–H groups in total. The zero-order valence-electron chi connectivity index (χ0n) is 17.0. The van der Waals surface area contributed by atoms with Gasteiger partial charge in [-0.15, -0.1) is 11.3 Å². The second-order valence-corrected chi connectivity index (χ2v) is 6.64. The summed E-state index contributed by atoms with van der Waals surface area (Å²) in [4.78, 5) is 38.7. The first-order valence-corrected chi connectivity index (χ1v) is 9.35. The fourth-order valence-electron chi connectivity index (χ4n) is 2.96. The van der Waals surface area contributed by atoms with E-state index in [-0.39, 0.29) is 11.5 Å². The van der Waals surface area contributed by atoms with Crippen LogP contribution in [0.3, 0.4) is 0 Å². The monoisotopic (exact) mass is 423 g/mol. The molecule has 0 aliphatic rings. The average Bonchev–Trinajstić information content (AvgIpc) is 2.74. The molecule has 31 heavy (non-hydrogen) atoms. The van der Waals surface area contributed by atoms with E-state index in [1.165, 1.54) is 20.2 Å². The van der Waals surface area contributed by atoms with Crippen molar-refractivity contribution >= 4 is 23.1 Å². The summed E-state index contributed by atoms with van der Waals surface area (Å²) in [6.45, 7) is 5.11. The third-order valence-electron chi connectivity index (χ3n) is 4.49. The molecule has 0 aliphatic heterocycles. The van der Waals surface area contributed by atoms with Gasteiger partial charge in [0.2, 0.25) is 0 Å². The van der Waals surface area contributed by atoms with Gasteiger partial charge in [-0.2, -0.15) is 5.10 Å². The van der Waals surface area contributed by atoms with Crippen molar-refractivity contribution in [2.75, 3.05) is 7.11 Å². The zero-order valence-corrected chi connectivity index (χ0v) is 17.0. The number of carboxylic acid groups (broad SMARTS) is 1. The standard InChI is InChI=1S/C22H21N3O6/c1-4-7-15-10-14(11-18(30-3)19(15)31-13(2)21(27)28)12-23-25-20(26)16-8-5-6-9-17(16)24-22(25)29/h4-6,8-13H,1,7H2,2-3H3,(H,24,29)(H,27,28)/t13-/m0/s1. The van der Waals surface area contributed by atoms with E-state index in [0.29, 0.717) is 28.5 Å². The van der Waals surface area contributed by atoms with E-state index in [1.807, 2.05) is 0 Å². The summed E-state index contributed by atoms with van der Waals surface area (Å²) in [5.41, 5.74) is 0.331. The van der Waals surface area contributed by atoms with Crippen LogP contribution < -0.4 is 20.7 Å². The van der Waals surface area contributed by atoms with Crippen molar-refractivity contribution in [3.05, 3.63) is 81.0 Å². The maximum Gasteiger partial charge on any atom is 0.349 e. The molecule has 9 nitrogen and oxygen atoms in total. The number of nitrogens with one attached hydrogen (secondary N) is 1. The number of methoxy groups -OCH3 is 1. The maximum atomic E-state index is 12.6. The first-order valence-electron chi connectivity index (χ1n) is 9.35. The Hall–Kier alpha value is -4.14. The van der Waals surface area contributed by atoms with Crippen LogP contribution >= 0.6 is 0 Å². The van der Waals surface area contributed by atoms with Crippen molar-refractivity contribution in [1.29, 1.82) is 0 Å². The first kappa shape index (κ1) is 21.6. The Labute approximate surface area is 176 Å². The summed E-state index contributed by atoms with van der Waals surface area (Å²) in [6, 6.07) is 9.90. The topological polar surface area (TPSA) is 123 Å². The lowest BCUT2D eigenvalue weighted by Gasteiger charge is -2.18. The Morgan fingerprint density at radius 3 is 2.74 bits per heavy atom. The highest BCUT2D eigenvalue weighted by molar-refractivity contribution is 5.82. The van der Waals surface area contributed by atoms with Crippen molar-refractivity contribution in [3.8, 4) is 11.5 Å². The number of aromatic amines is 1. The summed E-state index contributed by atoms with van der Waals surface area (Å²) >= 11 is 0. The van der Waals surface area contributed by atoms with E-state index in [4.69, 9.17) is 14.6 Å². The van der Waals surface area contributed by atoms with Crippen molar-refractivity contribution in [3.63, 3.8) is 0 Å². The van der Waals surface area contributed by atoms with Gasteiger partial charge in [-0.3, -0.25) is 4.79 Å². The average molecular weight is 423 g/mol. The molecule has 0 saturated carbocycles. The van der Waals surface area contributed by atoms with Gasteiger partial charge in [0.05, 0.1) is 24.2 Å². The van der Waals surface area contributed by atoms with Crippen molar-refractivity contribution in [1.82, 2.24) is 9.66 Å². The van der Waals surface area contributed by atoms with Gasteiger partial charge in [0, 0.05) is 5.56 Å². The molecule has 0 amide bonds. The van der Waals surface area contributed by atoms with E-state index in [2.05, 4.69) is 16.7 Å². The van der Waals surface area contributed by atoms with Gasteiger partial charge in [0.15, 0.2) is 17.6 Å². The normalized spacial score (nSPS) is 12.1. The molecular formula is C22H21N3O6. The predicted octanol–water partition coefficient (Wildman–Crippen LogP) is 2.16. The number of allylic oxidation sites excluding steroid dienone is 1. The fraction of sp³-hybridized carbons (Fsp3) is 0.182. The van der Waals surface area contributed by atoms with Crippen LogP contribution in [0.1, 0.15) is 18.1 Å². The number of benzene rings is 2. The molecule has 3 aromatic rings. The lowest BCUT2D eigenvalue weighted by Crippen LogP contribution is -2.32. The van der Waals surface area contributed by atoms with Crippen LogP contribution in [0, 0.1) is 0 Å². The largest absolute Gasteiger partial charge is 0.493 e. The van der Waals surface area contributed by atoms with Crippen molar-refractivity contribution < 1.29 is 19.4 Å². The minimum Gasteiger partial charge on any atom is -0.493 e. The molecular weight excluding hydrogens is 402 g/mol. The van der Waals surface area contributed by atoms with E-state index in [1.54, 1.807) is 42.5 Å². The number of ether oxygens (including phenoxy) is 2. The van der Waals surface area contributed by atoms with Crippen LogP contribution in [0.2, 0.25) is 0 Å². The Balaban J connectivity index is 2.07. The molecule has 0 aliphatic carbocycles. The van der Waals surface area contributed by atoms with Crippen LogP contribution in [0.25, 0.3) is 10.9 Å². The van der Waals surface area contributed by atoms with Gasteiger partial charge >= 0.3 is 11.7 Å². The van der Waals surface area contributed by atoms with Crippen LogP contribution in [-0.2, 0) is 11.2 Å². The number of carboxylic acids is 1. The molecule has 0 radical (unpaired) electrons. The summed E-state index contributed by atoms with van der Waals surface area (Å²) in [7, 11) is 1.42. The van der Waals surface area contributed by atoms with Gasteiger partial charge in [-0.1, -0.05) is 18.2 Å². The predicted molar refractivity (Wildman–Crippen MR) is 116 cm³/mol. The van der Waals surface area contributed by atoms with Crippen LogP contribution in [-0.4, -0.2) is 40.2 Å². The van der Waals surface area contributed by atoms with Gasteiger partial charge in [0.1, 0.15) is 0 Å². The molecule has 9 heteroatoms. The van der Waals surface area contributed by atoms with Crippen molar-refractivity contribution in [2.24, 2.45) is 5.10 Å². The number of aromatic nitrogens is 2. The molecule has 3 rings (SSSR count). The minimum absolute atomic E-state index is 0.273. The van der Waals surface area contributed by atoms with Gasteiger partial charge in [-0.05, 0) is 43.2 Å². The summed E-state index contributed by atoms with van der Waals surface area (Å²) in [5.74, 6) is -0.559. The van der Waals surface area contributed by atoms with E-state index in [0.717, 1.165) is 4.68 Å². The number of hydrogen-bond acceptors (Lipinski definition) is 6. The Kier molecular flexibility index (Phi) is 6.35. The van der Waals surface area contributed by atoms with Gasteiger partial charge < -0.3 is 19.6 Å². The van der Waals surface area contributed by atoms with Gasteiger partial charge in [0.25, 0.3) is 5.56 Å². The van der Waals surface area contributed by atoms with Crippen LogP contribution in [0.4, 0.5) is 0 Å². The quantitative estimate of drug-likeness (QED) is 0.423. The zero-order chi connectivity index (χ0) is 22.5. The molecule has 160 valence electrons. The summed E-state index contributed by atoms with van der Waals surface area (Å²) in [5, 5.41) is 13.5. The highest BCUT2D eigenvalue weighted by Gasteiger charge is 2.19. The summed E-state index contributed by atoms with van der Waals surface area (Å²) in [6.07, 6.45) is 2.25. The lowest BCUT2D eigenvalue weighted by atomic mass is 10.1. The number of nitrogens with zero attached hydrogens (tertiary/aromatic N) is 2. The Morgan fingerprint density at radius 1 is 1.32 bits per heavy atom. The van der Waals surface area contributed by atoms with Crippen LogP contribution in [0.5, 0.6) is 11.5 Å². The number of rotatable bonds is 8. The Bertz CT molecular complexity index is 1290. The third-order valence-corrected chi connectivity index (χ3v) is 4.49. The number of aliphatic carboxylic acids is 1. The number of fused-ring (bicyclic) bond motifs is 1. The number of carbonyl (C=O) groups is 1. The molecule has 1 aromatic heterocycles. The highest BCUT2D eigenvalue weighted by Crippen LogP contribution is 2.34. The molecule has 2 aromatic carbocycles. The fourth-order valence-corrected chi connectivity index (χ4v) is 2.96. The third kappa shape index (κ3) is 4.55. The minimum atomic E-state index is -1.12. The van der Waals surface area contributed by atoms with E-state index in [9.17, 15) is 14.4 Å². The number of H-pyrrole nitrogens is 1. The number of hydrogen-bond donors (Lipinski definition) is 2. The SMILES string of the molecule is C=CCc1cc(C=Nn2c(=O)[nH]c3ccccc3c2=O)cc(OC)c1O[C@@H](C)C(=O)O. The van der Waals surface area contributed by atoms with E-state index >= 15 is 0 Å². The second kappa shape index (κ2) is 9.12. The smallest absolute Gasteiger partial charge is 0.349 e. The van der Waals surface area contributed by atoms with Crippen LogP contribution in [0.15, 0.2) is 63.7 Å². The summed E-state index contributed by atoms with van der Waals surface area (Å²) < 4.78 is 11.7. The molecule has 0 spiro atoms. The molecule has 1 heterocycles. The highest BCUT2D eigenvalue weighted by atomic mass is 16.5. The van der Waals surface area contributed by atoms with Crippen molar-refractivity contribution in [2.45, 2.75) is 19.4 Å².